The molecule has 0 N–H and O–H groups in total. The minimum Gasteiger partial charge on any atom is -0.457 e. The number of ether oxygens (including phenoxy) is 1. The van der Waals surface area contributed by atoms with E-state index in [1.165, 1.54) is 5.56 Å². The fourth-order valence-electron chi connectivity index (χ4n) is 1.61. The molecule has 17 heavy (non-hydrogen) atoms. The summed E-state index contributed by atoms with van der Waals surface area (Å²) in [7, 11) is 0. The predicted molar refractivity (Wildman–Crippen MR) is 74.9 cm³/mol. The van der Waals surface area contributed by atoms with Crippen molar-refractivity contribution < 1.29 is 4.74 Å². The molecule has 0 aromatic heterocycles. The summed E-state index contributed by atoms with van der Waals surface area (Å²) in [6, 6.07) is 18.0. The van der Waals surface area contributed by atoms with E-state index in [1.807, 2.05) is 42.5 Å². The van der Waals surface area contributed by atoms with Crippen molar-refractivity contribution in [1.82, 2.24) is 0 Å². The lowest BCUT2D eigenvalue weighted by molar-refractivity contribution is 0.482. The number of hydrogen-bond donors (Lipinski definition) is 0. The molecule has 0 spiro atoms. The average Bonchev–Trinajstić information content (AvgIpc) is 2.40. The van der Waals surface area contributed by atoms with Gasteiger partial charge in [0.2, 0.25) is 0 Å². The van der Waals surface area contributed by atoms with Gasteiger partial charge in [-0.15, -0.1) is 0 Å². The third-order valence-electron chi connectivity index (χ3n) is 2.58. The molecule has 0 aliphatic rings. The van der Waals surface area contributed by atoms with Gasteiger partial charge in [0.25, 0.3) is 0 Å². The maximum atomic E-state index is 5.73. The molecule has 0 saturated heterocycles. The van der Waals surface area contributed by atoms with E-state index in [1.54, 1.807) is 0 Å². The molecule has 0 heterocycles. The van der Waals surface area contributed by atoms with Crippen molar-refractivity contribution in [2.24, 2.45) is 0 Å². The van der Waals surface area contributed by atoms with Crippen LogP contribution in [0, 0.1) is 0 Å². The van der Waals surface area contributed by atoms with Crippen molar-refractivity contribution in [3.63, 3.8) is 0 Å². The van der Waals surface area contributed by atoms with Gasteiger partial charge in [-0.25, -0.2) is 0 Å². The molecular weight excluding hydrogens is 276 g/mol. The van der Waals surface area contributed by atoms with Gasteiger partial charge in [0.05, 0.1) is 0 Å². The highest BCUT2D eigenvalue weighted by Crippen LogP contribution is 2.28. The number of para-hydroxylation sites is 1. The monoisotopic (exact) mass is 290 g/mol. The summed E-state index contributed by atoms with van der Waals surface area (Å²) in [5.74, 6) is 1.74. The zero-order valence-electron chi connectivity index (χ0n) is 9.77. The van der Waals surface area contributed by atoms with Crippen LogP contribution in [0.1, 0.15) is 23.7 Å². The van der Waals surface area contributed by atoms with E-state index >= 15 is 0 Å². The van der Waals surface area contributed by atoms with Crippen LogP contribution in [-0.4, -0.2) is 0 Å². The van der Waals surface area contributed by atoms with Gasteiger partial charge in [-0.2, -0.15) is 0 Å². The first-order chi connectivity index (χ1) is 8.29. The number of halogens is 1. The van der Waals surface area contributed by atoms with Crippen LogP contribution in [0.2, 0.25) is 0 Å². The van der Waals surface area contributed by atoms with Gasteiger partial charge >= 0.3 is 0 Å². The van der Waals surface area contributed by atoms with Crippen LogP contribution in [0.5, 0.6) is 11.5 Å². The second-order valence-corrected chi connectivity index (χ2v) is 4.97. The molecule has 2 rings (SSSR count). The highest BCUT2D eigenvalue weighted by Gasteiger charge is 2.04. The lowest BCUT2D eigenvalue weighted by Gasteiger charge is -2.09. The maximum Gasteiger partial charge on any atom is 0.127 e. The van der Waals surface area contributed by atoms with Crippen LogP contribution in [0.4, 0.5) is 0 Å². The Morgan fingerprint density at radius 1 is 0.941 bits per heavy atom. The van der Waals surface area contributed by atoms with Crippen molar-refractivity contribution in [2.45, 2.75) is 18.2 Å². The Hall–Kier alpha value is -1.28. The third kappa shape index (κ3) is 3.34. The molecule has 2 aromatic carbocycles. The third-order valence-corrected chi connectivity index (χ3v) is 3.76. The number of benzene rings is 2. The van der Waals surface area contributed by atoms with E-state index in [4.69, 9.17) is 4.74 Å². The summed E-state index contributed by atoms with van der Waals surface area (Å²) in [6.07, 6.45) is 1.08. The van der Waals surface area contributed by atoms with Crippen molar-refractivity contribution in [3.8, 4) is 11.5 Å². The number of alkyl halides is 1. The molecule has 0 aliphatic heterocycles. The van der Waals surface area contributed by atoms with E-state index in [-0.39, 0.29) is 0 Å². The summed E-state index contributed by atoms with van der Waals surface area (Å²) in [5.41, 5.74) is 1.29. The Labute approximate surface area is 111 Å². The molecule has 1 unspecified atom stereocenters. The lowest BCUT2D eigenvalue weighted by atomic mass is 10.1. The first-order valence-corrected chi connectivity index (χ1v) is 6.68. The van der Waals surface area contributed by atoms with E-state index in [0.29, 0.717) is 4.83 Å². The molecule has 0 saturated carbocycles. The van der Waals surface area contributed by atoms with Gasteiger partial charge in [0.1, 0.15) is 11.5 Å². The van der Waals surface area contributed by atoms with Gasteiger partial charge < -0.3 is 4.74 Å². The highest BCUT2D eigenvalue weighted by atomic mass is 79.9. The maximum absolute atomic E-state index is 5.73. The molecular formula is C15H15BrO. The van der Waals surface area contributed by atoms with Gasteiger partial charge in [-0.05, 0) is 36.2 Å². The fourth-order valence-corrected chi connectivity index (χ4v) is 1.91. The molecule has 0 radical (unpaired) electrons. The Kier molecular flexibility index (Phi) is 4.21. The molecule has 1 atom stereocenters. The number of hydrogen-bond acceptors (Lipinski definition) is 1. The minimum atomic E-state index is 0.424. The van der Waals surface area contributed by atoms with E-state index in [9.17, 15) is 0 Å². The molecule has 88 valence electrons. The van der Waals surface area contributed by atoms with Crippen molar-refractivity contribution in [2.75, 3.05) is 0 Å². The van der Waals surface area contributed by atoms with Crippen molar-refractivity contribution >= 4 is 15.9 Å². The zero-order valence-corrected chi connectivity index (χ0v) is 11.4. The Morgan fingerprint density at radius 3 is 2.12 bits per heavy atom. The summed E-state index contributed by atoms with van der Waals surface area (Å²) in [5, 5.41) is 0. The molecule has 1 nitrogen and oxygen atoms in total. The second kappa shape index (κ2) is 5.87. The smallest absolute Gasteiger partial charge is 0.127 e. The summed E-state index contributed by atoms with van der Waals surface area (Å²) in [6.45, 7) is 2.16. The zero-order chi connectivity index (χ0) is 12.1. The predicted octanol–water partition coefficient (Wildman–Crippen LogP) is 5.32. The average molecular weight is 291 g/mol. The molecule has 2 aromatic rings. The normalized spacial score (nSPS) is 12.1. The van der Waals surface area contributed by atoms with Gasteiger partial charge in [0, 0.05) is 4.83 Å². The molecule has 0 amide bonds. The molecule has 0 bridgehead atoms. The second-order valence-electron chi connectivity index (χ2n) is 3.86. The summed E-state index contributed by atoms with van der Waals surface area (Å²) in [4.78, 5) is 0.424. The summed E-state index contributed by atoms with van der Waals surface area (Å²) >= 11 is 3.64. The molecule has 0 fully saturated rings. The Balaban J connectivity index is 2.08. The molecule has 2 heteroatoms. The first kappa shape index (κ1) is 12.2. The topological polar surface area (TPSA) is 9.23 Å². The van der Waals surface area contributed by atoms with E-state index in [0.717, 1.165) is 17.9 Å². The van der Waals surface area contributed by atoms with Gasteiger partial charge in [0.15, 0.2) is 0 Å². The first-order valence-electron chi connectivity index (χ1n) is 5.76. The highest BCUT2D eigenvalue weighted by molar-refractivity contribution is 9.09. The molecule has 0 aliphatic carbocycles. The van der Waals surface area contributed by atoms with Crippen LogP contribution in [-0.2, 0) is 0 Å². The van der Waals surface area contributed by atoms with Crippen molar-refractivity contribution in [1.29, 1.82) is 0 Å². The largest absolute Gasteiger partial charge is 0.457 e. The minimum absolute atomic E-state index is 0.424. The van der Waals surface area contributed by atoms with Crippen LogP contribution in [0.15, 0.2) is 54.6 Å². The number of rotatable bonds is 4. The van der Waals surface area contributed by atoms with Gasteiger partial charge in [-0.3, -0.25) is 0 Å². The lowest BCUT2D eigenvalue weighted by Crippen LogP contribution is -1.88. The van der Waals surface area contributed by atoms with Crippen LogP contribution in [0.3, 0.4) is 0 Å². The van der Waals surface area contributed by atoms with E-state index in [2.05, 4.69) is 35.0 Å². The summed E-state index contributed by atoms with van der Waals surface area (Å²) < 4.78 is 5.73. The van der Waals surface area contributed by atoms with Crippen molar-refractivity contribution in [3.05, 3.63) is 60.2 Å². The Morgan fingerprint density at radius 2 is 1.53 bits per heavy atom. The van der Waals surface area contributed by atoms with Crippen LogP contribution in [0.25, 0.3) is 0 Å². The standard InChI is InChI=1S/C15H15BrO/c1-2-15(16)12-8-10-14(11-9-12)17-13-6-4-3-5-7-13/h3-11,15H,2H2,1H3. The fraction of sp³-hybridized carbons (Fsp3) is 0.200. The van der Waals surface area contributed by atoms with E-state index < -0.39 is 0 Å². The Bertz CT molecular complexity index is 450. The van der Waals surface area contributed by atoms with Crippen LogP contribution < -0.4 is 4.74 Å². The van der Waals surface area contributed by atoms with Crippen LogP contribution >= 0.6 is 15.9 Å². The van der Waals surface area contributed by atoms with Gasteiger partial charge in [-0.1, -0.05) is 53.2 Å². The quantitative estimate of drug-likeness (QED) is 0.692. The SMILES string of the molecule is CCC(Br)c1ccc(Oc2ccccc2)cc1.